The smallest absolute Gasteiger partial charge is 0.225 e. The zero-order chi connectivity index (χ0) is 26.7. The van der Waals surface area contributed by atoms with Crippen LogP contribution in [-0.2, 0) is 4.74 Å². The third-order valence-electron chi connectivity index (χ3n) is 8.80. The van der Waals surface area contributed by atoms with Gasteiger partial charge in [-0.1, -0.05) is 61.8 Å². The van der Waals surface area contributed by atoms with Crippen molar-refractivity contribution in [3.63, 3.8) is 0 Å². The number of aromatic nitrogens is 4. The fraction of sp³-hybridized carbons (Fsp3) is 0.600. The Morgan fingerprint density at radius 1 is 0.821 bits per heavy atom. The highest BCUT2D eigenvalue weighted by Gasteiger charge is 2.30. The van der Waals surface area contributed by atoms with Crippen LogP contribution in [0.15, 0.2) is 36.7 Å². The second kappa shape index (κ2) is 11.9. The molecule has 208 valence electrons. The number of ether oxygens (including phenoxy) is 1. The van der Waals surface area contributed by atoms with Crippen molar-refractivity contribution in [1.29, 1.82) is 0 Å². The molecule has 0 spiro atoms. The summed E-state index contributed by atoms with van der Waals surface area (Å²) in [5.74, 6) is 0.810. The van der Waals surface area contributed by atoms with Crippen molar-refractivity contribution in [1.82, 2.24) is 20.2 Å². The molecular formula is C30H40N6O2S. The zero-order valence-electron chi connectivity index (χ0n) is 23.0. The maximum atomic E-state index is 9.64. The van der Waals surface area contributed by atoms with Crippen LogP contribution in [0.3, 0.4) is 0 Å². The maximum absolute atomic E-state index is 9.64. The number of anilines is 2. The van der Waals surface area contributed by atoms with Crippen molar-refractivity contribution in [2.24, 2.45) is 5.41 Å². The molecule has 3 aromatic rings. The number of hydrogen-bond donors (Lipinski definition) is 1. The SMILES string of the molecule is CC1(CO)CCN(c2nnc(-c3ccc(-c4cnc(N5CCC(OC6CCCCC6)CC5)nc4)cc3)s2)CC1. The van der Waals surface area contributed by atoms with Gasteiger partial charge in [0.1, 0.15) is 5.01 Å². The van der Waals surface area contributed by atoms with Crippen LogP contribution < -0.4 is 9.80 Å². The highest BCUT2D eigenvalue weighted by Crippen LogP contribution is 2.36. The molecule has 0 unspecified atom stereocenters. The number of aliphatic hydroxyl groups excluding tert-OH is 1. The number of benzene rings is 1. The highest BCUT2D eigenvalue weighted by molar-refractivity contribution is 7.18. The Bertz CT molecular complexity index is 1190. The summed E-state index contributed by atoms with van der Waals surface area (Å²) in [4.78, 5) is 14.0. The molecule has 6 rings (SSSR count). The molecule has 39 heavy (non-hydrogen) atoms. The second-order valence-corrected chi connectivity index (χ2v) is 12.7. The Hall–Kier alpha value is -2.62. The standard InChI is InChI=1S/C30H40N6O2S/c1-30(21-37)13-17-36(18-14-30)29-34-33-27(39-29)23-9-7-22(8-10-23)24-19-31-28(32-20-24)35-15-11-26(12-16-35)38-25-5-3-2-4-6-25/h7-10,19-20,25-26,37H,2-6,11-18,21H2,1H3. The monoisotopic (exact) mass is 548 g/mol. The van der Waals surface area contributed by atoms with Gasteiger partial charge in [0.2, 0.25) is 11.1 Å². The molecule has 1 aliphatic carbocycles. The summed E-state index contributed by atoms with van der Waals surface area (Å²) in [6.07, 6.45) is 15.2. The van der Waals surface area contributed by atoms with Gasteiger partial charge >= 0.3 is 0 Å². The Labute approximate surface area is 235 Å². The summed E-state index contributed by atoms with van der Waals surface area (Å²) in [6, 6.07) is 8.42. The molecule has 1 saturated carbocycles. The zero-order valence-corrected chi connectivity index (χ0v) is 23.8. The third-order valence-corrected chi connectivity index (χ3v) is 9.84. The highest BCUT2D eigenvalue weighted by atomic mass is 32.1. The lowest BCUT2D eigenvalue weighted by Gasteiger charge is -2.37. The van der Waals surface area contributed by atoms with Crippen molar-refractivity contribution in [3.8, 4) is 21.7 Å². The first kappa shape index (κ1) is 26.6. The summed E-state index contributed by atoms with van der Waals surface area (Å²) in [5, 5.41) is 20.4. The molecule has 1 N–H and O–H groups in total. The van der Waals surface area contributed by atoms with E-state index in [2.05, 4.69) is 51.2 Å². The normalized spacial score (nSPS) is 20.9. The van der Waals surface area contributed by atoms with Crippen molar-refractivity contribution < 1.29 is 9.84 Å². The minimum atomic E-state index is 0.0295. The molecule has 9 heteroatoms. The molecule has 2 saturated heterocycles. The van der Waals surface area contributed by atoms with E-state index in [9.17, 15) is 5.11 Å². The molecule has 4 heterocycles. The number of nitrogens with zero attached hydrogens (tertiary/aromatic N) is 6. The van der Waals surface area contributed by atoms with E-state index in [0.717, 1.165) is 84.6 Å². The Morgan fingerprint density at radius 3 is 2.13 bits per heavy atom. The lowest BCUT2D eigenvalue weighted by Crippen LogP contribution is -2.40. The molecule has 0 amide bonds. The summed E-state index contributed by atoms with van der Waals surface area (Å²) in [5.41, 5.74) is 3.20. The van der Waals surface area contributed by atoms with Crippen LogP contribution in [0.1, 0.15) is 64.7 Å². The molecule has 3 fully saturated rings. The van der Waals surface area contributed by atoms with Crippen LogP contribution in [0.4, 0.5) is 11.1 Å². The first-order chi connectivity index (χ1) is 19.1. The van der Waals surface area contributed by atoms with Crippen molar-refractivity contribution in [2.45, 2.75) is 76.9 Å². The lowest BCUT2D eigenvalue weighted by molar-refractivity contribution is -0.0396. The number of piperidine rings is 2. The van der Waals surface area contributed by atoms with Crippen molar-refractivity contribution in [2.75, 3.05) is 42.6 Å². The average Bonchev–Trinajstić information content (AvgIpc) is 3.49. The molecular weight excluding hydrogens is 508 g/mol. The van der Waals surface area contributed by atoms with E-state index in [4.69, 9.17) is 14.7 Å². The van der Waals surface area contributed by atoms with Gasteiger partial charge < -0.3 is 19.6 Å². The fourth-order valence-corrected chi connectivity index (χ4v) is 6.86. The van der Waals surface area contributed by atoms with Crippen LogP contribution in [-0.4, -0.2) is 70.3 Å². The van der Waals surface area contributed by atoms with Crippen LogP contribution in [0.5, 0.6) is 0 Å². The van der Waals surface area contributed by atoms with Crippen molar-refractivity contribution >= 4 is 22.4 Å². The minimum Gasteiger partial charge on any atom is -0.396 e. The Kier molecular flexibility index (Phi) is 8.09. The van der Waals surface area contributed by atoms with E-state index in [1.54, 1.807) is 11.3 Å². The topological polar surface area (TPSA) is 87.5 Å². The van der Waals surface area contributed by atoms with Gasteiger partial charge in [0.05, 0.1) is 12.2 Å². The summed E-state index contributed by atoms with van der Waals surface area (Å²) >= 11 is 1.63. The summed E-state index contributed by atoms with van der Waals surface area (Å²) in [6.45, 7) is 6.13. The van der Waals surface area contributed by atoms with Gasteiger partial charge in [-0.15, -0.1) is 10.2 Å². The molecule has 0 bridgehead atoms. The van der Waals surface area contributed by atoms with Gasteiger partial charge in [-0.05, 0) is 49.5 Å². The molecule has 2 aromatic heterocycles. The van der Waals surface area contributed by atoms with Gasteiger partial charge in [-0.25, -0.2) is 9.97 Å². The molecule has 0 atom stereocenters. The van der Waals surface area contributed by atoms with Crippen LogP contribution in [0.2, 0.25) is 0 Å². The molecule has 0 radical (unpaired) electrons. The maximum Gasteiger partial charge on any atom is 0.225 e. The van der Waals surface area contributed by atoms with E-state index < -0.39 is 0 Å². The van der Waals surface area contributed by atoms with Crippen LogP contribution >= 0.6 is 11.3 Å². The number of aliphatic hydroxyl groups is 1. The number of hydrogen-bond acceptors (Lipinski definition) is 9. The second-order valence-electron chi connectivity index (χ2n) is 11.8. The van der Waals surface area contributed by atoms with Gasteiger partial charge in [-0.2, -0.15) is 0 Å². The van der Waals surface area contributed by atoms with E-state index in [1.165, 1.54) is 32.1 Å². The van der Waals surface area contributed by atoms with E-state index >= 15 is 0 Å². The quantitative estimate of drug-likeness (QED) is 0.410. The first-order valence-corrected chi connectivity index (χ1v) is 15.4. The Morgan fingerprint density at radius 2 is 1.46 bits per heavy atom. The predicted molar refractivity (Wildman–Crippen MR) is 156 cm³/mol. The van der Waals surface area contributed by atoms with Gasteiger partial charge in [0, 0.05) is 56.3 Å². The lowest BCUT2D eigenvalue weighted by atomic mass is 9.81. The average molecular weight is 549 g/mol. The summed E-state index contributed by atoms with van der Waals surface area (Å²) in [7, 11) is 0. The van der Waals surface area contributed by atoms with Crippen molar-refractivity contribution in [3.05, 3.63) is 36.7 Å². The Balaban J connectivity index is 1.03. The molecule has 2 aliphatic heterocycles. The molecule has 1 aromatic carbocycles. The predicted octanol–water partition coefficient (Wildman–Crippen LogP) is 5.58. The van der Waals surface area contributed by atoms with Crippen LogP contribution in [0.25, 0.3) is 21.7 Å². The first-order valence-electron chi connectivity index (χ1n) is 14.6. The van der Waals surface area contributed by atoms with E-state index in [0.29, 0.717) is 12.2 Å². The largest absolute Gasteiger partial charge is 0.396 e. The number of rotatable bonds is 7. The fourth-order valence-electron chi connectivity index (χ4n) is 5.96. The molecule has 3 aliphatic rings. The minimum absolute atomic E-state index is 0.0295. The van der Waals surface area contributed by atoms with E-state index in [-0.39, 0.29) is 12.0 Å². The van der Waals surface area contributed by atoms with Gasteiger partial charge in [0.15, 0.2) is 0 Å². The molecule has 8 nitrogen and oxygen atoms in total. The summed E-state index contributed by atoms with van der Waals surface area (Å²) < 4.78 is 6.39. The van der Waals surface area contributed by atoms with E-state index in [1.807, 2.05) is 12.4 Å². The van der Waals surface area contributed by atoms with Gasteiger partial charge in [-0.3, -0.25) is 0 Å². The van der Waals surface area contributed by atoms with Gasteiger partial charge in [0.25, 0.3) is 0 Å². The third kappa shape index (κ3) is 6.26. The van der Waals surface area contributed by atoms with Crippen LogP contribution in [0, 0.1) is 5.41 Å².